The van der Waals surface area contributed by atoms with Crippen molar-refractivity contribution in [2.45, 2.75) is 156 Å². The molecule has 0 saturated heterocycles. The molecule has 3 saturated carbocycles. The van der Waals surface area contributed by atoms with Crippen LogP contribution in [0.2, 0.25) is 0 Å². The normalized spacial score (nSPS) is 33.3. The van der Waals surface area contributed by atoms with Crippen molar-refractivity contribution < 1.29 is 0 Å². The van der Waals surface area contributed by atoms with Crippen LogP contribution in [0.15, 0.2) is 6.07 Å². The first-order valence-corrected chi connectivity index (χ1v) is 16.4. The molecule has 1 atom stereocenters. The molecule has 3 fully saturated rings. The molecule has 0 bridgehead atoms. The Balaban J connectivity index is 1.20. The first kappa shape index (κ1) is 26.8. The fraction of sp³-hybridized carbons (Fsp3) is 0.833. The van der Waals surface area contributed by atoms with Gasteiger partial charge in [-0.3, -0.25) is 0 Å². The van der Waals surface area contributed by atoms with Gasteiger partial charge in [0.05, 0.1) is 0 Å². The van der Waals surface area contributed by atoms with Crippen LogP contribution in [-0.4, -0.2) is 0 Å². The maximum atomic E-state index is 2.70. The third-order valence-electron chi connectivity index (χ3n) is 12.1. The van der Waals surface area contributed by atoms with E-state index in [1.165, 1.54) is 109 Å². The lowest BCUT2D eigenvalue weighted by Gasteiger charge is -2.44. The second kappa shape index (κ2) is 11.5. The third-order valence-corrected chi connectivity index (χ3v) is 12.1. The van der Waals surface area contributed by atoms with Crippen LogP contribution in [0, 0.1) is 49.4 Å². The van der Waals surface area contributed by atoms with E-state index in [-0.39, 0.29) is 0 Å². The number of benzene rings is 1. The Morgan fingerprint density at radius 1 is 0.667 bits per heavy atom. The minimum absolute atomic E-state index is 0.341. The van der Waals surface area contributed by atoms with Crippen molar-refractivity contribution in [2.24, 2.45) is 35.5 Å². The molecule has 0 N–H and O–H groups in total. The molecule has 4 aliphatic carbocycles. The summed E-state index contributed by atoms with van der Waals surface area (Å²) in [5.74, 6) is 5.89. The maximum Gasteiger partial charge on any atom is -0.00697 e. The summed E-state index contributed by atoms with van der Waals surface area (Å²) in [4.78, 5) is 0. The topological polar surface area (TPSA) is 0 Å². The minimum atomic E-state index is 0.341. The second-order valence-corrected chi connectivity index (χ2v) is 15.0. The molecule has 5 rings (SSSR count). The highest BCUT2D eigenvalue weighted by atomic mass is 14.4. The quantitative estimate of drug-likeness (QED) is 0.372. The lowest BCUT2D eigenvalue weighted by molar-refractivity contribution is 0.194. The molecule has 0 aromatic heterocycles. The summed E-state index contributed by atoms with van der Waals surface area (Å²) in [7, 11) is 0. The molecule has 0 radical (unpaired) electrons. The number of hydrogen-bond donors (Lipinski definition) is 0. The van der Waals surface area contributed by atoms with Gasteiger partial charge in [-0.05, 0) is 128 Å². The van der Waals surface area contributed by atoms with Crippen LogP contribution >= 0.6 is 0 Å². The molecule has 4 aliphatic rings. The zero-order valence-electron chi connectivity index (χ0n) is 24.8. The average Bonchev–Trinajstić information content (AvgIpc) is 2.87. The predicted molar refractivity (Wildman–Crippen MR) is 157 cm³/mol. The van der Waals surface area contributed by atoms with Crippen molar-refractivity contribution in [1.29, 1.82) is 0 Å². The molecular formula is C36H58. The highest BCUT2D eigenvalue weighted by molar-refractivity contribution is 5.50. The van der Waals surface area contributed by atoms with Crippen LogP contribution in [0.4, 0.5) is 0 Å². The molecule has 1 aromatic carbocycles. The number of aryl methyl sites for hydroxylation is 1. The summed E-state index contributed by atoms with van der Waals surface area (Å²) >= 11 is 0. The van der Waals surface area contributed by atoms with Gasteiger partial charge in [-0.25, -0.2) is 0 Å². The molecule has 0 heterocycles. The fourth-order valence-electron chi connectivity index (χ4n) is 9.52. The molecule has 0 nitrogen and oxygen atoms in total. The van der Waals surface area contributed by atoms with Crippen LogP contribution in [0.3, 0.4) is 0 Å². The van der Waals surface area contributed by atoms with Crippen LogP contribution < -0.4 is 0 Å². The smallest absolute Gasteiger partial charge is 0.00697 e. The summed E-state index contributed by atoms with van der Waals surface area (Å²) in [6.45, 7) is 12.6. The zero-order valence-corrected chi connectivity index (χ0v) is 24.8. The van der Waals surface area contributed by atoms with Crippen molar-refractivity contribution >= 4 is 0 Å². The molecule has 36 heavy (non-hydrogen) atoms. The monoisotopic (exact) mass is 490 g/mol. The molecule has 202 valence electrons. The Labute approximate surface area is 224 Å². The van der Waals surface area contributed by atoms with Gasteiger partial charge in [-0.1, -0.05) is 97.5 Å². The Morgan fingerprint density at radius 3 is 1.92 bits per heavy atom. The SMILES string of the molecule is Cc1c(CC2CCC(CC3CCC(C)CC3)CC2)cc2c(c1C)C(C)(C)C(CC1CCCCC1)CC2. The first-order chi connectivity index (χ1) is 17.3. The van der Waals surface area contributed by atoms with Gasteiger partial charge >= 0.3 is 0 Å². The van der Waals surface area contributed by atoms with E-state index in [0.29, 0.717) is 5.41 Å². The van der Waals surface area contributed by atoms with Gasteiger partial charge in [0.1, 0.15) is 0 Å². The zero-order chi connectivity index (χ0) is 25.3. The van der Waals surface area contributed by atoms with Gasteiger partial charge < -0.3 is 0 Å². The minimum Gasteiger partial charge on any atom is -0.0625 e. The van der Waals surface area contributed by atoms with E-state index in [9.17, 15) is 0 Å². The van der Waals surface area contributed by atoms with Crippen molar-refractivity contribution in [3.05, 3.63) is 33.9 Å². The van der Waals surface area contributed by atoms with Gasteiger partial charge in [0, 0.05) is 0 Å². The van der Waals surface area contributed by atoms with E-state index in [2.05, 4.69) is 40.7 Å². The van der Waals surface area contributed by atoms with Crippen molar-refractivity contribution in [3.8, 4) is 0 Å². The Kier molecular flexibility index (Phi) is 8.59. The van der Waals surface area contributed by atoms with Gasteiger partial charge in [0.15, 0.2) is 0 Å². The molecular weight excluding hydrogens is 432 g/mol. The van der Waals surface area contributed by atoms with Gasteiger partial charge in [0.25, 0.3) is 0 Å². The van der Waals surface area contributed by atoms with E-state index < -0.39 is 0 Å². The van der Waals surface area contributed by atoms with Crippen molar-refractivity contribution in [3.63, 3.8) is 0 Å². The Bertz CT molecular complexity index is 853. The molecule has 1 aromatic rings. The highest BCUT2D eigenvalue weighted by Crippen LogP contribution is 2.48. The standard InChI is InChI=1S/C36H58/c1-25-11-13-29(14-12-25)21-30-15-17-31(18-16-30)22-33-24-32-19-20-34(23-28-9-7-6-8-10-28)36(4,5)35(32)27(3)26(33)2/h24-25,28-31,34H,6-23H2,1-5H3. The van der Waals surface area contributed by atoms with E-state index in [1.807, 2.05) is 0 Å². The van der Waals surface area contributed by atoms with E-state index in [1.54, 1.807) is 34.2 Å². The fourth-order valence-corrected chi connectivity index (χ4v) is 9.52. The van der Waals surface area contributed by atoms with Crippen LogP contribution in [0.25, 0.3) is 0 Å². The van der Waals surface area contributed by atoms with E-state index in [0.717, 1.165) is 35.5 Å². The molecule has 0 spiro atoms. The van der Waals surface area contributed by atoms with Gasteiger partial charge in [-0.15, -0.1) is 0 Å². The van der Waals surface area contributed by atoms with E-state index >= 15 is 0 Å². The summed E-state index contributed by atoms with van der Waals surface area (Å²) in [6.07, 6.45) is 26.6. The highest BCUT2D eigenvalue weighted by Gasteiger charge is 2.39. The van der Waals surface area contributed by atoms with E-state index in [4.69, 9.17) is 0 Å². The third kappa shape index (κ3) is 5.94. The van der Waals surface area contributed by atoms with Crippen LogP contribution in [0.5, 0.6) is 0 Å². The average molecular weight is 491 g/mol. The second-order valence-electron chi connectivity index (χ2n) is 15.0. The largest absolute Gasteiger partial charge is 0.0625 e. The first-order valence-electron chi connectivity index (χ1n) is 16.4. The molecule has 0 heteroatoms. The summed E-state index contributed by atoms with van der Waals surface area (Å²) < 4.78 is 0. The number of fused-ring (bicyclic) bond motifs is 1. The number of hydrogen-bond acceptors (Lipinski definition) is 0. The Morgan fingerprint density at radius 2 is 1.25 bits per heavy atom. The van der Waals surface area contributed by atoms with Gasteiger partial charge in [0.2, 0.25) is 0 Å². The van der Waals surface area contributed by atoms with Crippen molar-refractivity contribution in [2.75, 3.05) is 0 Å². The van der Waals surface area contributed by atoms with Gasteiger partial charge in [-0.2, -0.15) is 0 Å². The molecule has 1 unspecified atom stereocenters. The Hall–Kier alpha value is -0.780. The van der Waals surface area contributed by atoms with Crippen LogP contribution in [0.1, 0.15) is 151 Å². The molecule has 0 amide bonds. The van der Waals surface area contributed by atoms with Crippen LogP contribution in [-0.2, 0) is 18.3 Å². The lowest BCUT2D eigenvalue weighted by Crippen LogP contribution is -2.37. The summed E-state index contributed by atoms with van der Waals surface area (Å²) in [5.41, 5.74) is 8.81. The lowest BCUT2D eigenvalue weighted by atomic mass is 9.60. The predicted octanol–water partition coefficient (Wildman–Crippen LogP) is 10.7. The maximum absolute atomic E-state index is 2.70. The number of rotatable bonds is 6. The van der Waals surface area contributed by atoms with Crippen molar-refractivity contribution in [1.82, 2.24) is 0 Å². The summed E-state index contributed by atoms with van der Waals surface area (Å²) in [5, 5.41) is 0. The molecule has 0 aliphatic heterocycles. The summed E-state index contributed by atoms with van der Waals surface area (Å²) in [6, 6.07) is 2.70.